The number of ether oxygens (including phenoxy) is 1. The normalized spacial score (nSPS) is 13.9. The average molecular weight is 491 g/mol. The minimum absolute atomic E-state index is 0.0521. The van der Waals surface area contributed by atoms with Crippen LogP contribution < -0.4 is 10.3 Å². The van der Waals surface area contributed by atoms with E-state index in [2.05, 4.69) is 0 Å². The van der Waals surface area contributed by atoms with Crippen LogP contribution in [0.25, 0.3) is 21.2 Å². The molecule has 0 atom stereocenters. The number of aromatic carboxylic acids is 1. The maximum Gasteiger partial charge on any atom is 0.340 e. The van der Waals surface area contributed by atoms with Crippen LogP contribution in [0, 0.1) is 17.0 Å². The fraction of sp³-hybridized carbons (Fsp3) is 0.231. The maximum atomic E-state index is 12.9. The topological polar surface area (TPSA) is 112 Å². The van der Waals surface area contributed by atoms with Crippen molar-refractivity contribution in [3.05, 3.63) is 86.2 Å². The van der Waals surface area contributed by atoms with Gasteiger partial charge in [-0.15, -0.1) is 0 Å². The molecule has 1 aliphatic rings. The molecule has 35 heavy (non-hydrogen) atoms. The van der Waals surface area contributed by atoms with Crippen LogP contribution in [0.4, 0.5) is 5.69 Å². The molecule has 1 aliphatic carbocycles. The molecule has 1 saturated carbocycles. The number of fused-ring (bicyclic) bond motifs is 1. The molecule has 5 rings (SSSR count). The highest BCUT2D eigenvalue weighted by molar-refractivity contribution is 7.13. The molecule has 1 N–H and O–H groups in total. The number of carboxylic acid groups (broad SMARTS) is 1. The van der Waals surface area contributed by atoms with Crippen LogP contribution in [0.15, 0.2) is 59.4 Å². The second kappa shape index (κ2) is 8.99. The number of carbonyl (C=O) groups is 1. The highest BCUT2D eigenvalue weighted by Gasteiger charge is 2.29. The molecular weight excluding hydrogens is 468 g/mol. The number of rotatable bonds is 6. The van der Waals surface area contributed by atoms with Crippen molar-refractivity contribution in [2.75, 3.05) is 0 Å². The molecule has 0 bridgehead atoms. The molecule has 0 unspecified atom stereocenters. The van der Waals surface area contributed by atoms with E-state index < -0.39 is 16.6 Å². The van der Waals surface area contributed by atoms with Gasteiger partial charge in [0.25, 0.3) is 5.56 Å². The molecule has 1 aromatic heterocycles. The van der Waals surface area contributed by atoms with Crippen LogP contribution in [0.5, 0.6) is 11.5 Å². The lowest BCUT2D eigenvalue weighted by Gasteiger charge is -2.15. The van der Waals surface area contributed by atoms with Gasteiger partial charge in [-0.25, -0.2) is 4.79 Å². The Kier molecular flexibility index (Phi) is 5.86. The van der Waals surface area contributed by atoms with Gasteiger partial charge in [0.1, 0.15) is 11.3 Å². The molecule has 0 saturated heterocycles. The summed E-state index contributed by atoms with van der Waals surface area (Å²) in [6, 6.07) is 15.3. The highest BCUT2D eigenvalue weighted by Crippen LogP contribution is 2.42. The first-order valence-corrected chi connectivity index (χ1v) is 12.1. The van der Waals surface area contributed by atoms with Crippen LogP contribution in [-0.4, -0.2) is 20.0 Å². The van der Waals surface area contributed by atoms with E-state index in [9.17, 15) is 24.8 Å². The molecule has 0 aliphatic heterocycles. The molecule has 1 fully saturated rings. The van der Waals surface area contributed by atoms with E-state index in [-0.39, 0.29) is 28.7 Å². The molecule has 4 aromatic rings. The average Bonchev–Trinajstić information content (AvgIpc) is 3.47. The van der Waals surface area contributed by atoms with Crippen LogP contribution in [0.1, 0.15) is 47.6 Å². The Morgan fingerprint density at radius 2 is 1.86 bits per heavy atom. The Bertz CT molecular complexity index is 1520. The predicted molar refractivity (Wildman–Crippen MR) is 134 cm³/mol. The van der Waals surface area contributed by atoms with Crippen molar-refractivity contribution >= 4 is 33.3 Å². The smallest absolute Gasteiger partial charge is 0.340 e. The summed E-state index contributed by atoms with van der Waals surface area (Å²) in [5.74, 6) is -1.42. The zero-order chi connectivity index (χ0) is 24.7. The summed E-state index contributed by atoms with van der Waals surface area (Å²) < 4.78 is 8.38. The number of hydrogen-bond acceptors (Lipinski definition) is 6. The van der Waals surface area contributed by atoms with Crippen molar-refractivity contribution in [3.8, 4) is 22.6 Å². The second-order valence-electron chi connectivity index (χ2n) is 8.62. The molecule has 0 amide bonds. The molecule has 9 heteroatoms. The van der Waals surface area contributed by atoms with Crippen LogP contribution in [-0.2, 0) is 0 Å². The molecule has 3 aromatic carbocycles. The minimum atomic E-state index is -1.32. The number of nitro benzene ring substituents is 1. The van der Waals surface area contributed by atoms with Gasteiger partial charge < -0.3 is 9.84 Å². The number of carboxylic acids is 1. The minimum Gasteiger partial charge on any atom is -0.478 e. The fourth-order valence-electron chi connectivity index (χ4n) is 4.74. The lowest BCUT2D eigenvalue weighted by atomic mass is 9.94. The summed E-state index contributed by atoms with van der Waals surface area (Å²) in [6.07, 6.45) is 4.13. The summed E-state index contributed by atoms with van der Waals surface area (Å²) in [7, 11) is 0. The third kappa shape index (κ3) is 4.08. The van der Waals surface area contributed by atoms with Crippen LogP contribution in [0.2, 0.25) is 0 Å². The SMILES string of the molecule is Cc1c(-c2ccccc2)cc([N+](=O)[O-])c(Oc2ccc3c(=O)n(C4CCCC4)sc3c2)c1C(=O)O. The van der Waals surface area contributed by atoms with Crippen molar-refractivity contribution in [2.24, 2.45) is 0 Å². The Morgan fingerprint density at radius 3 is 2.51 bits per heavy atom. The summed E-state index contributed by atoms with van der Waals surface area (Å²) in [5, 5.41) is 22.5. The van der Waals surface area contributed by atoms with Gasteiger partial charge in [-0.3, -0.25) is 18.9 Å². The van der Waals surface area contributed by atoms with Crippen molar-refractivity contribution in [2.45, 2.75) is 38.6 Å². The predicted octanol–water partition coefficient (Wildman–Crippen LogP) is 6.55. The molecule has 1 heterocycles. The van der Waals surface area contributed by atoms with Gasteiger partial charge >= 0.3 is 11.7 Å². The highest BCUT2D eigenvalue weighted by atomic mass is 32.1. The largest absolute Gasteiger partial charge is 0.478 e. The molecule has 8 nitrogen and oxygen atoms in total. The first-order chi connectivity index (χ1) is 16.8. The Morgan fingerprint density at radius 1 is 1.14 bits per heavy atom. The fourth-order valence-corrected chi connectivity index (χ4v) is 5.91. The van der Waals surface area contributed by atoms with Crippen LogP contribution in [0.3, 0.4) is 0 Å². The Labute approximate surface area is 204 Å². The van der Waals surface area contributed by atoms with E-state index >= 15 is 0 Å². The lowest BCUT2D eigenvalue weighted by Crippen LogP contribution is -2.16. The standard InChI is InChI=1S/C26H22N2O6S/c1-15-20(16-7-3-2-4-8-16)14-21(28(32)33)24(23(15)26(30)31)34-18-11-12-19-22(13-18)35-27(25(19)29)17-9-5-6-10-17/h2-4,7-8,11-14,17H,5-6,9-10H2,1H3,(H,30,31). The number of benzene rings is 3. The van der Waals surface area contributed by atoms with Crippen molar-refractivity contribution in [1.29, 1.82) is 0 Å². The first-order valence-electron chi connectivity index (χ1n) is 11.3. The van der Waals surface area contributed by atoms with Gasteiger partial charge in [-0.2, -0.15) is 0 Å². The van der Waals surface area contributed by atoms with E-state index in [0.29, 0.717) is 26.8 Å². The number of nitro groups is 1. The third-order valence-electron chi connectivity index (χ3n) is 6.47. The number of nitrogens with zero attached hydrogens (tertiary/aromatic N) is 2. The number of hydrogen-bond donors (Lipinski definition) is 1. The quantitative estimate of drug-likeness (QED) is 0.242. The number of aromatic nitrogens is 1. The van der Waals surface area contributed by atoms with Gasteiger partial charge in [-0.05, 0) is 48.6 Å². The second-order valence-corrected chi connectivity index (χ2v) is 9.64. The summed E-state index contributed by atoms with van der Waals surface area (Å²) in [5.41, 5.74) is 0.718. The molecule has 178 valence electrons. The van der Waals surface area contributed by atoms with E-state index in [1.807, 2.05) is 6.07 Å². The monoisotopic (exact) mass is 490 g/mol. The van der Waals surface area contributed by atoms with Crippen molar-refractivity contribution in [1.82, 2.24) is 3.96 Å². The zero-order valence-corrected chi connectivity index (χ0v) is 19.7. The van der Waals surface area contributed by atoms with Gasteiger partial charge in [0.05, 0.1) is 15.0 Å². The molecule has 0 radical (unpaired) electrons. The summed E-state index contributed by atoms with van der Waals surface area (Å²) in [6.45, 7) is 1.61. The van der Waals surface area contributed by atoms with E-state index in [1.54, 1.807) is 53.3 Å². The van der Waals surface area contributed by atoms with E-state index in [4.69, 9.17) is 4.74 Å². The molecule has 0 spiro atoms. The third-order valence-corrected chi connectivity index (χ3v) is 7.67. The van der Waals surface area contributed by atoms with Gasteiger partial charge in [0.2, 0.25) is 5.75 Å². The summed E-state index contributed by atoms with van der Waals surface area (Å²) in [4.78, 5) is 36.4. The van der Waals surface area contributed by atoms with Gasteiger partial charge in [0, 0.05) is 18.2 Å². The first kappa shape index (κ1) is 22.8. The lowest BCUT2D eigenvalue weighted by molar-refractivity contribution is -0.385. The maximum absolute atomic E-state index is 12.9. The van der Waals surface area contributed by atoms with Gasteiger partial charge in [-0.1, -0.05) is 54.7 Å². The van der Waals surface area contributed by atoms with E-state index in [0.717, 1.165) is 25.7 Å². The molecular formula is C26H22N2O6S. The van der Waals surface area contributed by atoms with Crippen molar-refractivity contribution < 1.29 is 19.6 Å². The Hall–Kier alpha value is -3.98. The van der Waals surface area contributed by atoms with E-state index in [1.165, 1.54) is 17.6 Å². The van der Waals surface area contributed by atoms with Crippen molar-refractivity contribution in [3.63, 3.8) is 0 Å². The van der Waals surface area contributed by atoms with Crippen LogP contribution >= 0.6 is 11.5 Å². The Balaban J connectivity index is 1.62. The van der Waals surface area contributed by atoms with Gasteiger partial charge in [0.15, 0.2) is 0 Å². The summed E-state index contributed by atoms with van der Waals surface area (Å²) >= 11 is 1.34. The zero-order valence-electron chi connectivity index (χ0n) is 18.9.